The maximum absolute atomic E-state index is 12.1. The number of benzene rings is 1. The molecule has 2 aromatic rings. The predicted molar refractivity (Wildman–Crippen MR) is 88.2 cm³/mol. The molecule has 0 saturated carbocycles. The van der Waals surface area contributed by atoms with Crippen LogP contribution < -0.4 is 5.32 Å². The monoisotopic (exact) mass is 316 g/mol. The van der Waals surface area contributed by atoms with Crippen molar-refractivity contribution in [1.29, 1.82) is 0 Å². The SMILES string of the molecule is COC(CNC(=O)CCc1c(C)noc1C)c1ccccc1C. The van der Waals surface area contributed by atoms with Gasteiger partial charge in [-0.25, -0.2) is 0 Å². The van der Waals surface area contributed by atoms with Crippen LogP contribution in [-0.4, -0.2) is 24.7 Å². The largest absolute Gasteiger partial charge is 0.375 e. The molecule has 0 aliphatic rings. The molecule has 1 unspecified atom stereocenters. The summed E-state index contributed by atoms with van der Waals surface area (Å²) in [6.07, 6.45) is 0.904. The van der Waals surface area contributed by atoms with Crippen LogP contribution in [0, 0.1) is 20.8 Å². The average Bonchev–Trinajstić information content (AvgIpc) is 2.86. The first-order chi connectivity index (χ1) is 11.0. The fraction of sp³-hybridized carbons (Fsp3) is 0.444. The maximum atomic E-state index is 12.1. The van der Waals surface area contributed by atoms with Gasteiger partial charge >= 0.3 is 0 Å². The first-order valence-corrected chi connectivity index (χ1v) is 7.79. The minimum atomic E-state index is -0.140. The van der Waals surface area contributed by atoms with Crippen LogP contribution in [-0.2, 0) is 16.0 Å². The van der Waals surface area contributed by atoms with Crippen molar-refractivity contribution in [1.82, 2.24) is 10.5 Å². The van der Waals surface area contributed by atoms with Crippen LogP contribution in [0.25, 0.3) is 0 Å². The number of amides is 1. The van der Waals surface area contributed by atoms with Crippen LogP contribution >= 0.6 is 0 Å². The fourth-order valence-corrected chi connectivity index (χ4v) is 2.66. The third kappa shape index (κ3) is 4.42. The molecule has 0 radical (unpaired) electrons. The van der Waals surface area contributed by atoms with Crippen molar-refractivity contribution in [3.05, 3.63) is 52.4 Å². The molecule has 124 valence electrons. The predicted octanol–water partition coefficient (Wildman–Crippen LogP) is 3.04. The zero-order chi connectivity index (χ0) is 16.8. The van der Waals surface area contributed by atoms with Crippen LogP contribution in [0.2, 0.25) is 0 Å². The number of ether oxygens (including phenoxy) is 1. The van der Waals surface area contributed by atoms with E-state index in [1.165, 1.54) is 0 Å². The van der Waals surface area contributed by atoms with Crippen LogP contribution in [0.1, 0.15) is 40.7 Å². The lowest BCUT2D eigenvalue weighted by Crippen LogP contribution is -2.29. The second-order valence-corrected chi connectivity index (χ2v) is 5.69. The standard InChI is InChI=1S/C18H24N2O3/c1-12-7-5-6-8-15(12)17(22-4)11-19-18(21)10-9-16-13(2)20-23-14(16)3/h5-8,17H,9-11H2,1-4H3,(H,19,21). The van der Waals surface area contributed by atoms with Gasteiger partial charge in [-0.05, 0) is 38.3 Å². The third-order valence-electron chi connectivity index (χ3n) is 4.09. The van der Waals surface area contributed by atoms with E-state index in [9.17, 15) is 4.79 Å². The Kier molecular flexibility index (Phi) is 5.93. The Morgan fingerprint density at radius 1 is 1.30 bits per heavy atom. The molecule has 0 aliphatic heterocycles. The van der Waals surface area contributed by atoms with Crippen molar-refractivity contribution in [3.8, 4) is 0 Å². The summed E-state index contributed by atoms with van der Waals surface area (Å²) < 4.78 is 10.6. The van der Waals surface area contributed by atoms with Gasteiger partial charge in [-0.2, -0.15) is 0 Å². The van der Waals surface area contributed by atoms with Gasteiger partial charge in [-0.1, -0.05) is 29.4 Å². The average molecular weight is 316 g/mol. The summed E-state index contributed by atoms with van der Waals surface area (Å²) in [5, 5.41) is 6.85. The lowest BCUT2D eigenvalue weighted by atomic mass is 10.0. The Morgan fingerprint density at radius 3 is 2.65 bits per heavy atom. The Balaban J connectivity index is 1.87. The third-order valence-corrected chi connectivity index (χ3v) is 4.09. The van der Waals surface area contributed by atoms with Gasteiger partial charge in [0.25, 0.3) is 0 Å². The lowest BCUT2D eigenvalue weighted by Gasteiger charge is -2.18. The fourth-order valence-electron chi connectivity index (χ4n) is 2.66. The Hall–Kier alpha value is -2.14. The minimum Gasteiger partial charge on any atom is -0.375 e. The van der Waals surface area contributed by atoms with Crippen LogP contribution in [0.4, 0.5) is 0 Å². The van der Waals surface area contributed by atoms with Gasteiger partial charge in [-0.15, -0.1) is 0 Å². The molecule has 1 aromatic carbocycles. The molecule has 2 rings (SSSR count). The van der Waals surface area contributed by atoms with Crippen LogP contribution in [0.15, 0.2) is 28.8 Å². The number of nitrogens with zero attached hydrogens (tertiary/aromatic N) is 1. The van der Waals surface area contributed by atoms with Gasteiger partial charge in [0.05, 0.1) is 11.8 Å². The van der Waals surface area contributed by atoms with Crippen molar-refractivity contribution >= 4 is 5.91 Å². The van der Waals surface area contributed by atoms with Crippen molar-refractivity contribution in [3.63, 3.8) is 0 Å². The Labute approximate surface area is 137 Å². The molecule has 0 spiro atoms. The molecule has 1 heterocycles. The molecule has 1 atom stereocenters. The lowest BCUT2D eigenvalue weighted by molar-refractivity contribution is -0.121. The maximum Gasteiger partial charge on any atom is 0.220 e. The van der Waals surface area contributed by atoms with Gasteiger partial charge in [0.1, 0.15) is 5.76 Å². The summed E-state index contributed by atoms with van der Waals surface area (Å²) in [5.41, 5.74) is 4.12. The number of hydrogen-bond donors (Lipinski definition) is 1. The van der Waals surface area contributed by atoms with Crippen molar-refractivity contribution in [2.75, 3.05) is 13.7 Å². The Morgan fingerprint density at radius 2 is 2.04 bits per heavy atom. The summed E-state index contributed by atoms with van der Waals surface area (Å²) in [6.45, 7) is 6.26. The van der Waals surface area contributed by atoms with Gasteiger partial charge in [-0.3, -0.25) is 4.79 Å². The topological polar surface area (TPSA) is 64.4 Å². The smallest absolute Gasteiger partial charge is 0.220 e. The van der Waals surface area contributed by atoms with Gasteiger partial charge < -0.3 is 14.6 Å². The zero-order valence-electron chi connectivity index (χ0n) is 14.2. The molecule has 0 fully saturated rings. The summed E-state index contributed by atoms with van der Waals surface area (Å²) in [6, 6.07) is 8.04. The molecule has 0 aliphatic carbocycles. The van der Waals surface area contributed by atoms with E-state index < -0.39 is 0 Å². The Bertz CT molecular complexity index is 645. The molecule has 1 amide bonds. The number of rotatable bonds is 7. The summed E-state index contributed by atoms with van der Waals surface area (Å²) in [7, 11) is 1.66. The van der Waals surface area contributed by atoms with E-state index in [0.29, 0.717) is 19.4 Å². The van der Waals surface area contributed by atoms with Crippen LogP contribution in [0.5, 0.6) is 0 Å². The second kappa shape index (κ2) is 7.92. The summed E-state index contributed by atoms with van der Waals surface area (Å²) in [5.74, 6) is 0.783. The van der Waals surface area contributed by atoms with E-state index in [2.05, 4.69) is 10.5 Å². The molecule has 0 saturated heterocycles. The molecule has 0 bridgehead atoms. The highest BCUT2D eigenvalue weighted by Gasteiger charge is 2.15. The molecule has 23 heavy (non-hydrogen) atoms. The highest BCUT2D eigenvalue weighted by atomic mass is 16.5. The second-order valence-electron chi connectivity index (χ2n) is 5.69. The van der Waals surface area contributed by atoms with E-state index in [0.717, 1.165) is 28.1 Å². The van der Waals surface area contributed by atoms with E-state index >= 15 is 0 Å². The van der Waals surface area contributed by atoms with Crippen LogP contribution in [0.3, 0.4) is 0 Å². The number of nitrogens with one attached hydrogen (secondary N) is 1. The van der Waals surface area contributed by atoms with Crippen molar-refractivity contribution in [2.45, 2.75) is 39.7 Å². The number of aryl methyl sites for hydroxylation is 3. The minimum absolute atomic E-state index is 0.000587. The number of methoxy groups -OCH3 is 1. The molecule has 1 aromatic heterocycles. The van der Waals surface area contributed by atoms with Crippen molar-refractivity contribution < 1.29 is 14.1 Å². The summed E-state index contributed by atoms with van der Waals surface area (Å²) >= 11 is 0. The van der Waals surface area contributed by atoms with E-state index in [1.54, 1.807) is 7.11 Å². The molecular formula is C18H24N2O3. The first kappa shape index (κ1) is 17.2. The molecule has 5 nitrogen and oxygen atoms in total. The summed E-state index contributed by atoms with van der Waals surface area (Å²) in [4.78, 5) is 12.1. The zero-order valence-corrected chi connectivity index (χ0v) is 14.2. The molecule has 1 N–H and O–H groups in total. The van der Waals surface area contributed by atoms with Gasteiger partial charge in [0.15, 0.2) is 0 Å². The van der Waals surface area contributed by atoms with Crippen molar-refractivity contribution in [2.24, 2.45) is 0 Å². The van der Waals surface area contributed by atoms with E-state index in [-0.39, 0.29) is 12.0 Å². The number of carbonyl (C=O) groups excluding carboxylic acids is 1. The number of aromatic nitrogens is 1. The first-order valence-electron chi connectivity index (χ1n) is 7.79. The van der Waals surface area contributed by atoms with E-state index in [1.807, 2.05) is 45.0 Å². The number of carbonyl (C=O) groups is 1. The number of hydrogen-bond acceptors (Lipinski definition) is 4. The van der Waals surface area contributed by atoms with Gasteiger partial charge in [0, 0.05) is 25.6 Å². The molecular weight excluding hydrogens is 292 g/mol. The normalized spacial score (nSPS) is 12.2. The highest BCUT2D eigenvalue weighted by Crippen LogP contribution is 2.20. The van der Waals surface area contributed by atoms with Gasteiger partial charge in [0.2, 0.25) is 5.91 Å². The highest BCUT2D eigenvalue weighted by molar-refractivity contribution is 5.76. The molecule has 5 heteroatoms. The van der Waals surface area contributed by atoms with E-state index in [4.69, 9.17) is 9.26 Å². The quantitative estimate of drug-likeness (QED) is 0.853.